The van der Waals surface area contributed by atoms with Crippen LogP contribution in [0.2, 0.25) is 0 Å². The first-order valence-electron chi connectivity index (χ1n) is 9.42. The molecular weight excluding hydrogens is 346 g/mol. The maximum Gasteiger partial charge on any atom is 0.343 e. The number of aromatic hydroxyl groups is 1. The molecule has 0 radical (unpaired) electrons. The zero-order valence-corrected chi connectivity index (χ0v) is 15.9. The van der Waals surface area contributed by atoms with Crippen molar-refractivity contribution >= 4 is 5.97 Å². The number of pyridine rings is 1. The van der Waals surface area contributed by atoms with Crippen molar-refractivity contribution < 1.29 is 19.4 Å². The number of phenols is 1. The van der Waals surface area contributed by atoms with Crippen LogP contribution in [0.5, 0.6) is 11.5 Å². The van der Waals surface area contributed by atoms with Gasteiger partial charge in [-0.05, 0) is 43.9 Å². The van der Waals surface area contributed by atoms with E-state index in [2.05, 4.69) is 6.92 Å². The average Bonchev–Trinajstić information content (AvgIpc) is 2.65. The molecule has 27 heavy (non-hydrogen) atoms. The lowest BCUT2D eigenvalue weighted by Crippen LogP contribution is -2.26. The SMILES string of the molecule is CCCOc1cc2c(cc1O)-c1cc(=O)c(C(=O)OCC)cn1C(CC)C2. The summed E-state index contributed by atoms with van der Waals surface area (Å²) in [5.74, 6) is -0.0976. The number of benzene rings is 1. The minimum absolute atomic E-state index is 0.0367. The third kappa shape index (κ3) is 3.56. The van der Waals surface area contributed by atoms with Gasteiger partial charge in [-0.15, -0.1) is 0 Å². The number of carbonyl (C=O) groups is 1. The molecule has 0 saturated heterocycles. The van der Waals surface area contributed by atoms with Gasteiger partial charge in [0.1, 0.15) is 5.56 Å². The van der Waals surface area contributed by atoms with Crippen LogP contribution in [0.25, 0.3) is 11.3 Å². The highest BCUT2D eigenvalue weighted by Crippen LogP contribution is 2.41. The molecule has 1 aliphatic heterocycles. The van der Waals surface area contributed by atoms with Crippen molar-refractivity contribution in [1.29, 1.82) is 0 Å². The molecule has 1 aliphatic rings. The smallest absolute Gasteiger partial charge is 0.343 e. The second-order valence-corrected chi connectivity index (χ2v) is 6.66. The van der Waals surface area contributed by atoms with Gasteiger partial charge in [-0.1, -0.05) is 13.8 Å². The molecule has 6 heteroatoms. The van der Waals surface area contributed by atoms with E-state index in [1.54, 1.807) is 19.2 Å². The number of carbonyl (C=O) groups excluding carboxylic acids is 1. The molecule has 1 N–H and O–H groups in total. The summed E-state index contributed by atoms with van der Waals surface area (Å²) in [5, 5.41) is 10.3. The monoisotopic (exact) mass is 371 g/mol. The van der Waals surface area contributed by atoms with Crippen molar-refractivity contribution in [2.45, 2.75) is 46.1 Å². The van der Waals surface area contributed by atoms with E-state index in [9.17, 15) is 14.7 Å². The number of ether oxygens (including phenoxy) is 2. The standard InChI is InChI=1S/C21H25NO5/c1-4-7-27-20-9-13-8-14(5-2)22-12-16(21(25)26-6-3)18(23)11-17(22)15(13)10-19(20)24/h9-12,14,24H,4-8H2,1-3H3. The lowest BCUT2D eigenvalue weighted by Gasteiger charge is -2.30. The number of phenolic OH excluding ortho intramolecular Hbond substituents is 1. The summed E-state index contributed by atoms with van der Waals surface area (Å²) in [5.41, 5.74) is 2.16. The molecule has 2 aromatic rings. The van der Waals surface area contributed by atoms with E-state index >= 15 is 0 Å². The number of fused-ring (bicyclic) bond motifs is 3. The summed E-state index contributed by atoms with van der Waals surface area (Å²) in [6.45, 7) is 6.53. The van der Waals surface area contributed by atoms with Crippen LogP contribution in [-0.4, -0.2) is 28.9 Å². The van der Waals surface area contributed by atoms with E-state index < -0.39 is 5.97 Å². The van der Waals surface area contributed by atoms with E-state index in [4.69, 9.17) is 9.47 Å². The Hall–Kier alpha value is -2.76. The van der Waals surface area contributed by atoms with Gasteiger partial charge in [0.2, 0.25) is 0 Å². The molecule has 1 aromatic carbocycles. The predicted molar refractivity (Wildman–Crippen MR) is 103 cm³/mol. The van der Waals surface area contributed by atoms with Crippen LogP contribution in [0, 0.1) is 0 Å². The van der Waals surface area contributed by atoms with Gasteiger partial charge in [-0.3, -0.25) is 4.79 Å². The van der Waals surface area contributed by atoms with Gasteiger partial charge in [0.05, 0.1) is 18.9 Å². The van der Waals surface area contributed by atoms with E-state index in [-0.39, 0.29) is 29.4 Å². The van der Waals surface area contributed by atoms with Gasteiger partial charge >= 0.3 is 5.97 Å². The highest BCUT2D eigenvalue weighted by atomic mass is 16.5. The Bertz CT molecular complexity index is 916. The molecule has 1 unspecified atom stereocenters. The first kappa shape index (κ1) is 19.0. The van der Waals surface area contributed by atoms with Crippen LogP contribution in [-0.2, 0) is 11.2 Å². The minimum Gasteiger partial charge on any atom is -0.504 e. The number of rotatable bonds is 6. The molecule has 2 heterocycles. The molecule has 0 aliphatic carbocycles. The fraction of sp³-hybridized carbons (Fsp3) is 0.429. The highest BCUT2D eigenvalue weighted by molar-refractivity contribution is 5.89. The lowest BCUT2D eigenvalue weighted by molar-refractivity contribution is 0.0523. The molecule has 1 aromatic heterocycles. The Labute approximate surface area is 158 Å². The number of hydrogen-bond donors (Lipinski definition) is 1. The van der Waals surface area contributed by atoms with Crippen LogP contribution >= 0.6 is 0 Å². The van der Waals surface area contributed by atoms with Gasteiger partial charge in [0.25, 0.3) is 0 Å². The van der Waals surface area contributed by atoms with Crippen molar-refractivity contribution in [3.63, 3.8) is 0 Å². The normalized spacial score (nSPS) is 15.0. The lowest BCUT2D eigenvalue weighted by atomic mass is 9.90. The Morgan fingerprint density at radius 3 is 2.70 bits per heavy atom. The fourth-order valence-electron chi connectivity index (χ4n) is 3.47. The fourth-order valence-corrected chi connectivity index (χ4v) is 3.47. The van der Waals surface area contributed by atoms with E-state index in [0.29, 0.717) is 18.1 Å². The molecule has 6 nitrogen and oxygen atoms in total. The maximum absolute atomic E-state index is 12.5. The summed E-state index contributed by atoms with van der Waals surface area (Å²) < 4.78 is 12.6. The Morgan fingerprint density at radius 2 is 2.04 bits per heavy atom. The average molecular weight is 371 g/mol. The van der Waals surface area contributed by atoms with Crippen molar-refractivity contribution in [2.75, 3.05) is 13.2 Å². The van der Waals surface area contributed by atoms with Gasteiger partial charge in [0.15, 0.2) is 16.9 Å². The van der Waals surface area contributed by atoms with Crippen molar-refractivity contribution in [1.82, 2.24) is 4.57 Å². The predicted octanol–water partition coefficient (Wildman–Crippen LogP) is 3.69. The minimum atomic E-state index is -0.607. The zero-order chi connectivity index (χ0) is 19.6. The van der Waals surface area contributed by atoms with E-state index in [1.165, 1.54) is 6.07 Å². The molecule has 0 fully saturated rings. The Kier molecular flexibility index (Phi) is 5.54. The molecule has 0 bridgehead atoms. The third-order valence-corrected chi connectivity index (χ3v) is 4.82. The second-order valence-electron chi connectivity index (χ2n) is 6.66. The second kappa shape index (κ2) is 7.86. The molecule has 0 saturated carbocycles. The van der Waals surface area contributed by atoms with Crippen LogP contribution < -0.4 is 10.2 Å². The number of esters is 1. The quantitative estimate of drug-likeness (QED) is 0.784. The van der Waals surface area contributed by atoms with Gasteiger partial charge in [-0.25, -0.2) is 4.79 Å². The summed E-state index contributed by atoms with van der Waals surface area (Å²) in [4.78, 5) is 24.6. The van der Waals surface area contributed by atoms with Crippen molar-refractivity contribution in [3.8, 4) is 22.8 Å². The zero-order valence-electron chi connectivity index (χ0n) is 15.9. The highest BCUT2D eigenvalue weighted by Gasteiger charge is 2.27. The van der Waals surface area contributed by atoms with Gasteiger partial charge < -0.3 is 19.1 Å². The molecule has 0 amide bonds. The summed E-state index contributed by atoms with van der Waals surface area (Å²) >= 11 is 0. The Balaban J connectivity index is 2.13. The molecule has 1 atom stereocenters. The molecule has 144 valence electrons. The van der Waals surface area contributed by atoms with E-state index in [1.807, 2.05) is 17.6 Å². The Morgan fingerprint density at radius 1 is 1.26 bits per heavy atom. The van der Waals surface area contributed by atoms with E-state index in [0.717, 1.165) is 30.4 Å². The summed E-state index contributed by atoms with van der Waals surface area (Å²) in [6, 6.07) is 5.06. The summed E-state index contributed by atoms with van der Waals surface area (Å²) in [6.07, 6.45) is 4.00. The summed E-state index contributed by atoms with van der Waals surface area (Å²) in [7, 11) is 0. The third-order valence-electron chi connectivity index (χ3n) is 4.82. The first-order valence-corrected chi connectivity index (χ1v) is 9.42. The maximum atomic E-state index is 12.5. The molecule has 0 spiro atoms. The largest absolute Gasteiger partial charge is 0.504 e. The first-order chi connectivity index (χ1) is 13.0. The topological polar surface area (TPSA) is 77.8 Å². The van der Waals surface area contributed by atoms with Crippen molar-refractivity contribution in [3.05, 3.63) is 45.7 Å². The van der Waals surface area contributed by atoms with Crippen LogP contribution in [0.3, 0.4) is 0 Å². The number of hydrogen-bond acceptors (Lipinski definition) is 5. The van der Waals surface area contributed by atoms with Crippen LogP contribution in [0.4, 0.5) is 0 Å². The van der Waals surface area contributed by atoms with Crippen LogP contribution in [0.1, 0.15) is 55.6 Å². The molecule has 3 rings (SSSR count). The van der Waals surface area contributed by atoms with Gasteiger partial charge in [-0.2, -0.15) is 0 Å². The number of nitrogens with zero attached hydrogens (tertiary/aromatic N) is 1. The number of aromatic nitrogens is 1. The van der Waals surface area contributed by atoms with Gasteiger partial charge in [0, 0.05) is 23.9 Å². The van der Waals surface area contributed by atoms with Crippen LogP contribution in [0.15, 0.2) is 29.2 Å². The van der Waals surface area contributed by atoms with Crippen molar-refractivity contribution in [2.24, 2.45) is 0 Å². The molecular formula is C21H25NO5.